The minimum Gasteiger partial charge on any atom is -0.357 e. The first-order valence-corrected chi connectivity index (χ1v) is 7.75. The van der Waals surface area contributed by atoms with E-state index in [2.05, 4.69) is 29.5 Å². The van der Waals surface area contributed by atoms with Gasteiger partial charge in [0.15, 0.2) is 5.96 Å². The highest BCUT2D eigenvalue weighted by molar-refractivity contribution is 5.81. The lowest BCUT2D eigenvalue weighted by molar-refractivity contribution is -0.128. The molecule has 0 unspecified atom stereocenters. The van der Waals surface area contributed by atoms with Gasteiger partial charge >= 0.3 is 0 Å². The number of aliphatic imine (C=N–C) groups is 1. The van der Waals surface area contributed by atoms with Crippen LogP contribution in [0.1, 0.15) is 46.0 Å². The Hall–Kier alpha value is -1.26. The zero-order chi connectivity index (χ0) is 15.0. The summed E-state index contributed by atoms with van der Waals surface area (Å²) in [6.07, 6.45) is 5.63. The van der Waals surface area contributed by atoms with Gasteiger partial charge in [0, 0.05) is 40.2 Å². The van der Waals surface area contributed by atoms with Gasteiger partial charge in [-0.25, -0.2) is 0 Å². The number of rotatable bonds is 7. The van der Waals surface area contributed by atoms with Gasteiger partial charge in [-0.1, -0.05) is 13.3 Å². The quantitative estimate of drug-likeness (QED) is 0.551. The van der Waals surface area contributed by atoms with Crippen molar-refractivity contribution in [2.75, 3.05) is 33.7 Å². The predicted octanol–water partition coefficient (Wildman–Crippen LogP) is 1.60. The van der Waals surface area contributed by atoms with Crippen LogP contribution in [0.25, 0.3) is 0 Å². The average Bonchev–Trinajstić information content (AvgIpc) is 2.37. The van der Waals surface area contributed by atoms with Crippen LogP contribution in [0.5, 0.6) is 0 Å². The lowest BCUT2D eigenvalue weighted by atomic mass is 9.67. The first-order valence-electron chi connectivity index (χ1n) is 7.75. The minimum atomic E-state index is 0.136. The number of carbonyl (C=O) groups is 1. The van der Waals surface area contributed by atoms with Crippen LogP contribution in [-0.4, -0.2) is 50.5 Å². The molecule has 116 valence electrons. The molecule has 0 aromatic heterocycles. The van der Waals surface area contributed by atoms with E-state index < -0.39 is 0 Å². The van der Waals surface area contributed by atoms with Crippen molar-refractivity contribution in [3.63, 3.8) is 0 Å². The van der Waals surface area contributed by atoms with Crippen molar-refractivity contribution in [2.45, 2.75) is 46.0 Å². The number of nitrogens with one attached hydrogen (secondary N) is 2. The van der Waals surface area contributed by atoms with E-state index in [0.717, 1.165) is 19.0 Å². The zero-order valence-corrected chi connectivity index (χ0v) is 13.5. The second-order valence-corrected chi connectivity index (χ2v) is 5.87. The van der Waals surface area contributed by atoms with E-state index in [1.165, 1.54) is 25.7 Å². The van der Waals surface area contributed by atoms with E-state index in [4.69, 9.17) is 0 Å². The predicted molar refractivity (Wildman–Crippen MR) is 83.9 cm³/mol. The van der Waals surface area contributed by atoms with Gasteiger partial charge in [-0.05, 0) is 31.6 Å². The van der Waals surface area contributed by atoms with Crippen LogP contribution >= 0.6 is 0 Å². The molecule has 0 aliphatic heterocycles. The molecular weight excluding hydrogens is 252 g/mol. The fourth-order valence-electron chi connectivity index (χ4n) is 2.40. The summed E-state index contributed by atoms with van der Waals surface area (Å²) in [6, 6.07) is 0. The molecular formula is C15H30N4O. The number of nitrogens with zero attached hydrogens (tertiary/aromatic N) is 2. The summed E-state index contributed by atoms with van der Waals surface area (Å²) in [5.74, 6) is 0.969. The smallest absolute Gasteiger partial charge is 0.223 e. The maximum Gasteiger partial charge on any atom is 0.223 e. The molecule has 0 radical (unpaired) electrons. The summed E-state index contributed by atoms with van der Waals surface area (Å²) in [4.78, 5) is 17.8. The van der Waals surface area contributed by atoms with Crippen molar-refractivity contribution in [3.8, 4) is 0 Å². The zero-order valence-electron chi connectivity index (χ0n) is 13.5. The maximum atomic E-state index is 11.5. The Morgan fingerprint density at radius 3 is 2.40 bits per heavy atom. The number of carbonyl (C=O) groups excluding carboxylic acids is 1. The topological polar surface area (TPSA) is 56.7 Å². The number of hydrogen-bond acceptors (Lipinski definition) is 2. The number of amides is 1. The largest absolute Gasteiger partial charge is 0.357 e. The highest BCUT2D eigenvalue weighted by Crippen LogP contribution is 2.43. The summed E-state index contributed by atoms with van der Waals surface area (Å²) in [7, 11) is 3.56. The molecule has 5 nitrogen and oxygen atoms in total. The summed E-state index contributed by atoms with van der Waals surface area (Å²) in [5.41, 5.74) is 0.432. The highest BCUT2D eigenvalue weighted by atomic mass is 16.2. The Labute approximate surface area is 123 Å². The molecule has 0 atom stereocenters. The fourth-order valence-corrected chi connectivity index (χ4v) is 2.40. The second kappa shape index (κ2) is 8.12. The van der Waals surface area contributed by atoms with E-state index >= 15 is 0 Å². The van der Waals surface area contributed by atoms with Crippen LogP contribution in [0.15, 0.2) is 4.99 Å². The Bertz CT molecular complexity index is 329. The average molecular weight is 282 g/mol. The van der Waals surface area contributed by atoms with Crippen LogP contribution < -0.4 is 10.6 Å². The molecule has 1 aliphatic rings. The molecule has 1 aliphatic carbocycles. The van der Waals surface area contributed by atoms with Crippen LogP contribution in [0, 0.1) is 5.41 Å². The lowest BCUT2D eigenvalue weighted by Gasteiger charge is -2.40. The first kappa shape index (κ1) is 16.8. The van der Waals surface area contributed by atoms with Crippen LogP contribution in [0.3, 0.4) is 0 Å². The van der Waals surface area contributed by atoms with Crippen LogP contribution in [0.2, 0.25) is 0 Å². The van der Waals surface area contributed by atoms with Crippen molar-refractivity contribution in [3.05, 3.63) is 0 Å². The van der Waals surface area contributed by atoms with Crippen molar-refractivity contribution >= 4 is 11.9 Å². The SMILES string of the molecule is CCNC(=NCC1(CC)CCC1)NCCC(=O)N(C)C. The molecule has 1 fully saturated rings. The normalized spacial score (nSPS) is 17.3. The molecule has 1 amide bonds. The molecule has 0 bridgehead atoms. The third kappa shape index (κ3) is 5.02. The molecule has 20 heavy (non-hydrogen) atoms. The van der Waals surface area contributed by atoms with Crippen molar-refractivity contribution < 1.29 is 4.79 Å². The molecule has 0 spiro atoms. The summed E-state index contributed by atoms with van der Waals surface area (Å²) in [6.45, 7) is 6.67. The number of guanidine groups is 1. The van der Waals surface area contributed by atoms with E-state index in [0.29, 0.717) is 18.4 Å². The summed E-state index contributed by atoms with van der Waals surface area (Å²) < 4.78 is 0. The van der Waals surface area contributed by atoms with Gasteiger partial charge in [-0.15, -0.1) is 0 Å². The molecule has 5 heteroatoms. The first-order chi connectivity index (χ1) is 9.53. The molecule has 0 saturated heterocycles. The summed E-state index contributed by atoms with van der Waals surface area (Å²) >= 11 is 0. The number of hydrogen-bond donors (Lipinski definition) is 2. The molecule has 0 aromatic carbocycles. The van der Waals surface area contributed by atoms with Crippen molar-refractivity contribution in [1.82, 2.24) is 15.5 Å². The lowest BCUT2D eigenvalue weighted by Crippen LogP contribution is -2.41. The van der Waals surface area contributed by atoms with Gasteiger partial charge in [0.1, 0.15) is 0 Å². The van der Waals surface area contributed by atoms with Gasteiger partial charge in [0.25, 0.3) is 0 Å². The van der Waals surface area contributed by atoms with E-state index in [9.17, 15) is 4.79 Å². The summed E-state index contributed by atoms with van der Waals surface area (Å²) in [5, 5.41) is 6.49. The Morgan fingerprint density at radius 1 is 1.25 bits per heavy atom. The van der Waals surface area contributed by atoms with Gasteiger partial charge in [0.05, 0.1) is 0 Å². The fraction of sp³-hybridized carbons (Fsp3) is 0.867. The molecule has 1 saturated carbocycles. The third-order valence-electron chi connectivity index (χ3n) is 4.21. The minimum absolute atomic E-state index is 0.136. The highest BCUT2D eigenvalue weighted by Gasteiger charge is 2.34. The molecule has 0 heterocycles. The standard InChI is InChI=1S/C15H30N4O/c1-5-15(9-7-10-15)12-18-14(16-6-2)17-11-8-13(20)19(3)4/h5-12H2,1-4H3,(H2,16,17,18). The Kier molecular flexibility index (Phi) is 6.82. The van der Waals surface area contributed by atoms with E-state index in [1.807, 2.05) is 0 Å². The van der Waals surface area contributed by atoms with Gasteiger partial charge in [-0.2, -0.15) is 0 Å². The van der Waals surface area contributed by atoms with Crippen LogP contribution in [-0.2, 0) is 4.79 Å². The third-order valence-corrected chi connectivity index (χ3v) is 4.21. The van der Waals surface area contributed by atoms with Crippen molar-refractivity contribution in [1.29, 1.82) is 0 Å². The molecule has 2 N–H and O–H groups in total. The monoisotopic (exact) mass is 282 g/mol. The van der Waals surface area contributed by atoms with Crippen LogP contribution in [0.4, 0.5) is 0 Å². The second-order valence-electron chi connectivity index (χ2n) is 5.87. The van der Waals surface area contributed by atoms with Gasteiger partial charge < -0.3 is 15.5 Å². The van der Waals surface area contributed by atoms with Crippen molar-refractivity contribution in [2.24, 2.45) is 10.4 Å². The molecule has 0 aromatic rings. The van der Waals surface area contributed by atoms with Gasteiger partial charge in [-0.3, -0.25) is 9.79 Å². The Morgan fingerprint density at radius 2 is 1.95 bits per heavy atom. The van der Waals surface area contributed by atoms with Gasteiger partial charge in [0.2, 0.25) is 5.91 Å². The molecule has 1 rings (SSSR count). The van der Waals surface area contributed by atoms with E-state index in [-0.39, 0.29) is 5.91 Å². The maximum absolute atomic E-state index is 11.5. The Balaban J connectivity index is 2.41. The van der Waals surface area contributed by atoms with E-state index in [1.54, 1.807) is 19.0 Å².